The number of benzene rings is 3. The van der Waals surface area contributed by atoms with Crippen LogP contribution in [0.25, 0.3) is 10.8 Å². The maximum absolute atomic E-state index is 13.9. The van der Waals surface area contributed by atoms with Crippen LogP contribution in [0.4, 0.5) is 0 Å². The van der Waals surface area contributed by atoms with Gasteiger partial charge in [0.15, 0.2) is 0 Å². The molecule has 3 aromatic rings. The summed E-state index contributed by atoms with van der Waals surface area (Å²) in [5, 5.41) is 22.4. The summed E-state index contributed by atoms with van der Waals surface area (Å²) in [6.45, 7) is 1.60. The number of carbonyl (C=O) groups excluding carboxylic acids is 5. The van der Waals surface area contributed by atoms with Crippen LogP contribution in [0, 0.1) is 0 Å². The van der Waals surface area contributed by atoms with Crippen LogP contribution in [0.15, 0.2) is 66.7 Å². The molecule has 0 radical (unpaired) electrons. The van der Waals surface area contributed by atoms with E-state index in [4.69, 9.17) is 10.8 Å². The second kappa shape index (κ2) is 17.2. The first-order valence-corrected chi connectivity index (χ1v) is 16.7. The number of amides is 5. The van der Waals surface area contributed by atoms with E-state index < -0.39 is 59.5 Å². The highest BCUT2D eigenvalue weighted by Gasteiger charge is 2.43. The Morgan fingerprint density at radius 2 is 1.49 bits per heavy atom. The maximum Gasteiger partial charge on any atom is 0.307 e. The average molecular weight is 672 g/mol. The van der Waals surface area contributed by atoms with Gasteiger partial charge < -0.3 is 32.1 Å². The van der Waals surface area contributed by atoms with Gasteiger partial charge in [0.1, 0.15) is 17.6 Å². The van der Waals surface area contributed by atoms with Crippen LogP contribution in [0.3, 0.4) is 0 Å². The second-order valence-corrected chi connectivity index (χ2v) is 12.7. The summed E-state index contributed by atoms with van der Waals surface area (Å²) in [4.78, 5) is 76.0. The molecule has 5 amide bonds. The Balaban J connectivity index is 1.42. The van der Waals surface area contributed by atoms with E-state index in [9.17, 15) is 28.8 Å². The quantitative estimate of drug-likeness (QED) is 0.126. The molecule has 0 heterocycles. The molecule has 1 aliphatic carbocycles. The molecule has 12 nitrogen and oxygen atoms in total. The number of carboxylic acids is 1. The Bertz CT molecular complexity index is 1660. The molecule has 1 fully saturated rings. The standard InChI is InChI=1S/C37H45N5O7/c1-24(43)40-30(21-25-14-16-26(17-15-25)22-33(45)46)35(48)42-37(18-5-2-6-19-37)36(49)41-31(23-32(38)44)34(47)39-20-8-12-28-11-7-10-27-9-3-4-13-29(27)28/h3-4,7,9-11,13-17,30-31H,2,5-6,8,12,18-23H2,1H3,(H2,38,44)(H,39,47)(H,40,43)(H,41,49)(H,42,48)(H,45,46)/t30-,31-/m0/s1. The third-order valence-corrected chi connectivity index (χ3v) is 8.85. The molecule has 4 rings (SSSR count). The van der Waals surface area contributed by atoms with Crippen molar-refractivity contribution in [1.29, 1.82) is 0 Å². The topological polar surface area (TPSA) is 197 Å². The normalized spacial score (nSPS) is 15.0. The van der Waals surface area contributed by atoms with Crippen LogP contribution in [0.1, 0.15) is 68.6 Å². The summed E-state index contributed by atoms with van der Waals surface area (Å²) >= 11 is 0. The van der Waals surface area contributed by atoms with Gasteiger partial charge in [-0.05, 0) is 53.1 Å². The summed E-state index contributed by atoms with van der Waals surface area (Å²) in [6.07, 6.45) is 3.62. The molecular formula is C37H45N5O7. The summed E-state index contributed by atoms with van der Waals surface area (Å²) in [6, 6.07) is 18.6. The number of rotatable bonds is 16. The minimum Gasteiger partial charge on any atom is -0.481 e. The van der Waals surface area contributed by atoms with Crippen molar-refractivity contribution in [1.82, 2.24) is 21.3 Å². The highest BCUT2D eigenvalue weighted by Crippen LogP contribution is 2.29. The zero-order valence-electron chi connectivity index (χ0n) is 27.8. The van der Waals surface area contributed by atoms with Gasteiger partial charge in [0, 0.05) is 19.9 Å². The van der Waals surface area contributed by atoms with Crippen LogP contribution in [-0.4, -0.2) is 64.8 Å². The van der Waals surface area contributed by atoms with E-state index in [0.29, 0.717) is 56.2 Å². The monoisotopic (exact) mass is 671 g/mol. The van der Waals surface area contributed by atoms with Gasteiger partial charge >= 0.3 is 5.97 Å². The van der Waals surface area contributed by atoms with Crippen LogP contribution in [-0.2, 0) is 48.0 Å². The predicted molar refractivity (Wildman–Crippen MR) is 184 cm³/mol. The molecule has 12 heteroatoms. The number of aryl methyl sites for hydroxylation is 1. The number of aliphatic carboxylic acids is 1. The molecule has 0 bridgehead atoms. The van der Waals surface area contributed by atoms with E-state index in [-0.39, 0.29) is 12.8 Å². The fourth-order valence-corrected chi connectivity index (χ4v) is 6.38. The summed E-state index contributed by atoms with van der Waals surface area (Å²) in [7, 11) is 0. The van der Waals surface area contributed by atoms with Crippen LogP contribution in [0.5, 0.6) is 0 Å². The molecule has 0 aromatic heterocycles. The van der Waals surface area contributed by atoms with E-state index >= 15 is 0 Å². The van der Waals surface area contributed by atoms with Crippen molar-refractivity contribution in [2.45, 2.75) is 88.8 Å². The number of hydrogen-bond acceptors (Lipinski definition) is 6. The minimum absolute atomic E-state index is 0.0992. The molecule has 0 unspecified atom stereocenters. The van der Waals surface area contributed by atoms with Crippen LogP contribution >= 0.6 is 0 Å². The minimum atomic E-state index is -1.37. The number of fused-ring (bicyclic) bond motifs is 1. The lowest BCUT2D eigenvalue weighted by Gasteiger charge is -2.38. The van der Waals surface area contributed by atoms with E-state index in [0.717, 1.165) is 22.8 Å². The zero-order valence-corrected chi connectivity index (χ0v) is 27.8. The lowest BCUT2D eigenvalue weighted by Crippen LogP contribution is -2.65. The van der Waals surface area contributed by atoms with Gasteiger partial charge in [0.05, 0.1) is 12.8 Å². The van der Waals surface area contributed by atoms with Crippen molar-refractivity contribution in [3.05, 3.63) is 83.4 Å². The third-order valence-electron chi connectivity index (χ3n) is 8.85. The fraction of sp³-hybridized carbons (Fsp3) is 0.405. The van der Waals surface area contributed by atoms with E-state index in [1.54, 1.807) is 24.3 Å². The van der Waals surface area contributed by atoms with Crippen molar-refractivity contribution in [2.24, 2.45) is 5.73 Å². The molecule has 0 aliphatic heterocycles. The van der Waals surface area contributed by atoms with Crippen molar-refractivity contribution < 1.29 is 33.9 Å². The number of nitrogens with one attached hydrogen (secondary N) is 4. The first-order valence-electron chi connectivity index (χ1n) is 16.7. The summed E-state index contributed by atoms with van der Waals surface area (Å²) in [5.41, 5.74) is 6.52. The number of hydrogen-bond donors (Lipinski definition) is 6. The number of carbonyl (C=O) groups is 6. The smallest absolute Gasteiger partial charge is 0.307 e. The highest BCUT2D eigenvalue weighted by atomic mass is 16.4. The Morgan fingerprint density at radius 3 is 2.16 bits per heavy atom. The highest BCUT2D eigenvalue weighted by molar-refractivity contribution is 5.98. The van der Waals surface area contributed by atoms with Crippen molar-refractivity contribution in [3.8, 4) is 0 Å². The Hall–Kier alpha value is -5.26. The van der Waals surface area contributed by atoms with E-state index in [1.807, 2.05) is 36.4 Å². The van der Waals surface area contributed by atoms with Crippen LogP contribution < -0.4 is 27.0 Å². The van der Waals surface area contributed by atoms with Gasteiger partial charge in [0.25, 0.3) is 0 Å². The van der Waals surface area contributed by atoms with Crippen molar-refractivity contribution in [2.75, 3.05) is 6.54 Å². The largest absolute Gasteiger partial charge is 0.481 e. The first kappa shape index (κ1) is 36.6. The number of carboxylic acid groups (broad SMARTS) is 1. The molecule has 7 N–H and O–H groups in total. The molecule has 1 aliphatic rings. The van der Waals surface area contributed by atoms with Gasteiger partial charge in [-0.2, -0.15) is 0 Å². The third kappa shape index (κ3) is 10.6. The molecular weight excluding hydrogens is 626 g/mol. The predicted octanol–water partition coefficient (Wildman–Crippen LogP) is 2.44. The van der Waals surface area contributed by atoms with Gasteiger partial charge in [-0.15, -0.1) is 0 Å². The lowest BCUT2D eigenvalue weighted by molar-refractivity contribution is -0.139. The van der Waals surface area contributed by atoms with Gasteiger partial charge in [-0.1, -0.05) is 86.0 Å². The van der Waals surface area contributed by atoms with E-state index in [2.05, 4.69) is 27.3 Å². The van der Waals surface area contributed by atoms with Crippen molar-refractivity contribution in [3.63, 3.8) is 0 Å². The van der Waals surface area contributed by atoms with Gasteiger partial charge in [-0.25, -0.2) is 0 Å². The Labute approximate surface area is 285 Å². The maximum atomic E-state index is 13.9. The molecule has 0 spiro atoms. The molecule has 2 atom stereocenters. The zero-order chi connectivity index (χ0) is 35.4. The van der Waals surface area contributed by atoms with Gasteiger partial charge in [0.2, 0.25) is 29.5 Å². The molecule has 260 valence electrons. The molecule has 3 aromatic carbocycles. The Kier molecular flexibility index (Phi) is 12.9. The SMILES string of the molecule is CC(=O)N[C@@H](Cc1ccc(CC(=O)O)cc1)C(=O)NC1(C(=O)N[C@@H](CC(N)=O)C(=O)NCCCc2cccc3ccccc23)CCCCC1. The second-order valence-electron chi connectivity index (χ2n) is 12.7. The summed E-state index contributed by atoms with van der Waals surface area (Å²) in [5.74, 6) is -3.90. The number of nitrogens with two attached hydrogens (primary N) is 1. The lowest BCUT2D eigenvalue weighted by atomic mass is 9.80. The first-order chi connectivity index (χ1) is 23.5. The molecule has 1 saturated carbocycles. The van der Waals surface area contributed by atoms with Crippen molar-refractivity contribution >= 4 is 46.3 Å². The molecule has 49 heavy (non-hydrogen) atoms. The molecule has 0 saturated heterocycles. The average Bonchev–Trinajstić information content (AvgIpc) is 3.06. The summed E-state index contributed by atoms with van der Waals surface area (Å²) < 4.78 is 0. The Morgan fingerprint density at radius 1 is 0.816 bits per heavy atom. The van der Waals surface area contributed by atoms with Gasteiger partial charge in [-0.3, -0.25) is 28.8 Å². The van der Waals surface area contributed by atoms with E-state index in [1.165, 1.54) is 6.92 Å². The fourth-order valence-electron chi connectivity index (χ4n) is 6.38. The van der Waals surface area contributed by atoms with Crippen LogP contribution in [0.2, 0.25) is 0 Å². The number of primary amides is 1.